The maximum absolute atomic E-state index is 12.1. The highest BCUT2D eigenvalue weighted by atomic mass is 16.5. The Balaban J connectivity index is 1.57. The fourth-order valence-corrected chi connectivity index (χ4v) is 3.56. The Morgan fingerprint density at radius 2 is 1.86 bits per heavy atom. The van der Waals surface area contributed by atoms with Crippen molar-refractivity contribution in [2.75, 3.05) is 14.2 Å². The largest absolute Gasteiger partial charge is 0.493 e. The highest BCUT2D eigenvalue weighted by Gasteiger charge is 2.54. The molecule has 22 heavy (non-hydrogen) atoms. The summed E-state index contributed by atoms with van der Waals surface area (Å²) in [6.07, 6.45) is 6.55. The molecule has 2 aliphatic rings. The van der Waals surface area contributed by atoms with Crippen LogP contribution in [0.1, 0.15) is 31.2 Å². The maximum Gasteiger partial charge on any atom is 0.243 e. The van der Waals surface area contributed by atoms with Crippen molar-refractivity contribution in [2.24, 2.45) is 22.9 Å². The second-order valence-corrected chi connectivity index (χ2v) is 5.99. The molecular weight excluding hydrogens is 280 g/mol. The van der Waals surface area contributed by atoms with Gasteiger partial charge in [0.25, 0.3) is 0 Å². The van der Waals surface area contributed by atoms with Gasteiger partial charge in [0.15, 0.2) is 11.5 Å². The Bertz CT molecular complexity index is 573. The Morgan fingerprint density at radius 1 is 1.18 bits per heavy atom. The third kappa shape index (κ3) is 2.93. The Kier molecular flexibility index (Phi) is 4.32. The van der Waals surface area contributed by atoms with Crippen LogP contribution in [0.15, 0.2) is 23.3 Å². The molecule has 0 spiro atoms. The molecule has 1 amide bonds. The zero-order chi connectivity index (χ0) is 15.5. The second-order valence-electron chi connectivity index (χ2n) is 5.99. The molecule has 0 saturated heterocycles. The normalized spacial score (nSPS) is 26.4. The Morgan fingerprint density at radius 3 is 2.50 bits per heavy atom. The zero-order valence-electron chi connectivity index (χ0n) is 13.0. The lowest BCUT2D eigenvalue weighted by atomic mass is 10.0. The molecule has 0 radical (unpaired) electrons. The van der Waals surface area contributed by atoms with E-state index < -0.39 is 0 Å². The van der Waals surface area contributed by atoms with Crippen LogP contribution >= 0.6 is 0 Å². The van der Waals surface area contributed by atoms with Crippen LogP contribution in [-0.2, 0) is 4.79 Å². The minimum Gasteiger partial charge on any atom is -0.493 e. The van der Waals surface area contributed by atoms with Crippen molar-refractivity contribution >= 4 is 12.1 Å². The number of rotatable bonds is 5. The predicted molar refractivity (Wildman–Crippen MR) is 84.2 cm³/mol. The average molecular weight is 302 g/mol. The van der Waals surface area contributed by atoms with Gasteiger partial charge in [-0.1, -0.05) is 12.8 Å². The van der Waals surface area contributed by atoms with Crippen molar-refractivity contribution in [1.29, 1.82) is 0 Å². The van der Waals surface area contributed by atoms with Crippen molar-refractivity contribution in [3.8, 4) is 11.5 Å². The number of methoxy groups -OCH3 is 2. The molecule has 2 aliphatic carbocycles. The number of hydrogen-bond donors (Lipinski definition) is 1. The molecule has 1 aromatic rings. The standard InChI is InChI=1S/C17H22N2O3/c1-21-14-8-7-11(9-15(14)22-2)10-18-19-17(20)16-12-5-3-4-6-13(12)16/h7-10,12-13,16H,3-6H2,1-2H3,(H,19,20)/b18-10-/t12-,13+,16?. The first kappa shape index (κ1) is 14.9. The third-order valence-electron chi connectivity index (χ3n) is 4.76. The van der Waals surface area contributed by atoms with Crippen LogP contribution in [0.4, 0.5) is 0 Å². The summed E-state index contributed by atoms with van der Waals surface area (Å²) >= 11 is 0. The van der Waals surface area contributed by atoms with E-state index in [9.17, 15) is 4.79 Å². The molecule has 0 aliphatic heterocycles. The number of hydrogen-bond acceptors (Lipinski definition) is 4. The summed E-state index contributed by atoms with van der Waals surface area (Å²) in [4.78, 5) is 12.1. The summed E-state index contributed by atoms with van der Waals surface area (Å²) in [6.45, 7) is 0. The van der Waals surface area contributed by atoms with Crippen LogP contribution in [0.25, 0.3) is 0 Å². The fraction of sp³-hybridized carbons (Fsp3) is 0.529. The number of fused-ring (bicyclic) bond motifs is 1. The molecule has 118 valence electrons. The average Bonchev–Trinajstić information content (AvgIpc) is 3.29. The number of amides is 1. The minimum absolute atomic E-state index is 0.0635. The van der Waals surface area contributed by atoms with Gasteiger partial charge in [-0.25, -0.2) is 5.43 Å². The molecule has 2 fully saturated rings. The number of carbonyl (C=O) groups is 1. The van der Waals surface area contributed by atoms with Gasteiger partial charge in [0, 0.05) is 5.92 Å². The van der Waals surface area contributed by atoms with Gasteiger partial charge in [0.2, 0.25) is 5.91 Å². The molecule has 1 N–H and O–H groups in total. The number of ether oxygens (including phenoxy) is 2. The second kappa shape index (κ2) is 6.38. The highest BCUT2D eigenvalue weighted by Crippen LogP contribution is 2.55. The zero-order valence-corrected chi connectivity index (χ0v) is 13.0. The molecule has 2 saturated carbocycles. The van der Waals surface area contributed by atoms with Crippen LogP contribution in [-0.4, -0.2) is 26.3 Å². The number of benzene rings is 1. The summed E-state index contributed by atoms with van der Waals surface area (Å²) in [5.74, 6) is 2.77. The molecule has 5 nitrogen and oxygen atoms in total. The molecule has 1 aromatic carbocycles. The van der Waals surface area contributed by atoms with Gasteiger partial charge in [-0.3, -0.25) is 4.79 Å². The lowest BCUT2D eigenvalue weighted by Gasteiger charge is -2.07. The predicted octanol–water partition coefficient (Wildman–Crippen LogP) is 2.59. The molecule has 5 heteroatoms. The molecule has 0 heterocycles. The van der Waals surface area contributed by atoms with Gasteiger partial charge in [0.05, 0.1) is 20.4 Å². The number of nitrogens with one attached hydrogen (secondary N) is 1. The van der Waals surface area contributed by atoms with Gasteiger partial charge in [-0.05, 0) is 48.4 Å². The summed E-state index contributed by atoms with van der Waals surface area (Å²) in [7, 11) is 3.19. The molecule has 3 atom stereocenters. The van der Waals surface area contributed by atoms with Crippen molar-refractivity contribution in [2.45, 2.75) is 25.7 Å². The summed E-state index contributed by atoms with van der Waals surface area (Å²) in [5, 5.41) is 4.07. The van der Waals surface area contributed by atoms with Crippen LogP contribution in [0, 0.1) is 17.8 Å². The lowest BCUT2D eigenvalue weighted by Crippen LogP contribution is -2.20. The summed E-state index contributed by atoms with van der Waals surface area (Å²) in [6, 6.07) is 5.51. The molecule has 0 aromatic heterocycles. The van der Waals surface area contributed by atoms with Crippen LogP contribution in [0.2, 0.25) is 0 Å². The molecular formula is C17H22N2O3. The van der Waals surface area contributed by atoms with E-state index >= 15 is 0 Å². The molecule has 1 unspecified atom stereocenters. The van der Waals surface area contributed by atoms with Crippen molar-refractivity contribution < 1.29 is 14.3 Å². The number of hydrazone groups is 1. The SMILES string of the molecule is COc1ccc(/C=N\NC(=O)C2[C@H]3CCCC[C@@H]23)cc1OC. The van der Waals surface area contributed by atoms with E-state index in [4.69, 9.17) is 9.47 Å². The van der Waals surface area contributed by atoms with Gasteiger partial charge in [-0.15, -0.1) is 0 Å². The number of nitrogens with zero attached hydrogens (tertiary/aromatic N) is 1. The van der Waals surface area contributed by atoms with E-state index in [1.165, 1.54) is 25.7 Å². The van der Waals surface area contributed by atoms with Gasteiger partial charge < -0.3 is 9.47 Å². The van der Waals surface area contributed by atoms with E-state index in [0.29, 0.717) is 23.3 Å². The van der Waals surface area contributed by atoms with Gasteiger partial charge in [-0.2, -0.15) is 5.10 Å². The van der Waals surface area contributed by atoms with E-state index in [2.05, 4.69) is 10.5 Å². The lowest BCUT2D eigenvalue weighted by molar-refractivity contribution is -0.122. The summed E-state index contributed by atoms with van der Waals surface area (Å²) < 4.78 is 10.4. The smallest absolute Gasteiger partial charge is 0.243 e. The monoisotopic (exact) mass is 302 g/mol. The minimum atomic E-state index is 0.0635. The molecule has 0 bridgehead atoms. The van der Waals surface area contributed by atoms with Crippen LogP contribution in [0.3, 0.4) is 0 Å². The van der Waals surface area contributed by atoms with Crippen molar-refractivity contribution in [1.82, 2.24) is 5.43 Å². The Hall–Kier alpha value is -2.04. The first-order chi connectivity index (χ1) is 10.7. The van der Waals surface area contributed by atoms with Crippen molar-refractivity contribution in [3.63, 3.8) is 0 Å². The van der Waals surface area contributed by atoms with Gasteiger partial charge in [0.1, 0.15) is 0 Å². The summed E-state index contributed by atoms with van der Waals surface area (Å²) in [5.41, 5.74) is 3.53. The van der Waals surface area contributed by atoms with Crippen molar-refractivity contribution in [3.05, 3.63) is 23.8 Å². The quantitative estimate of drug-likeness (QED) is 0.672. The highest BCUT2D eigenvalue weighted by molar-refractivity contribution is 5.85. The first-order valence-corrected chi connectivity index (χ1v) is 7.79. The topological polar surface area (TPSA) is 59.9 Å². The number of carbonyl (C=O) groups excluding carboxylic acids is 1. The third-order valence-corrected chi connectivity index (χ3v) is 4.76. The fourth-order valence-electron chi connectivity index (χ4n) is 3.56. The Labute approximate surface area is 130 Å². The van der Waals surface area contributed by atoms with E-state index in [-0.39, 0.29) is 11.8 Å². The van der Waals surface area contributed by atoms with Gasteiger partial charge >= 0.3 is 0 Å². The van der Waals surface area contributed by atoms with E-state index in [1.54, 1.807) is 20.4 Å². The van der Waals surface area contributed by atoms with E-state index in [1.807, 2.05) is 18.2 Å². The van der Waals surface area contributed by atoms with Crippen LogP contribution in [0.5, 0.6) is 11.5 Å². The first-order valence-electron chi connectivity index (χ1n) is 7.79. The van der Waals surface area contributed by atoms with Crippen LogP contribution < -0.4 is 14.9 Å². The molecule has 3 rings (SSSR count). The maximum atomic E-state index is 12.1. The van der Waals surface area contributed by atoms with E-state index in [0.717, 1.165) is 5.56 Å².